The number of rotatable bonds is 9. The number of amides is 1. The highest BCUT2D eigenvalue weighted by Gasteiger charge is 2.03. The number of aliphatic carboxylic acids is 1. The van der Waals surface area contributed by atoms with Crippen LogP contribution in [0.1, 0.15) is 12.0 Å². The predicted molar refractivity (Wildman–Crippen MR) is 76.0 cm³/mol. The quantitative estimate of drug-likeness (QED) is 0.552. The lowest BCUT2D eigenvalue weighted by Crippen LogP contribution is -3.06. The van der Waals surface area contributed by atoms with E-state index in [9.17, 15) is 14.7 Å². The molecule has 116 valence electrons. The summed E-state index contributed by atoms with van der Waals surface area (Å²) in [5, 5.41) is 12.5. The van der Waals surface area contributed by atoms with Crippen molar-refractivity contribution in [2.45, 2.75) is 12.8 Å². The lowest BCUT2D eigenvalue weighted by Gasteiger charge is -2.10. The molecule has 6 heteroatoms. The molecule has 0 heterocycles. The summed E-state index contributed by atoms with van der Waals surface area (Å²) in [7, 11) is 4.13. The minimum atomic E-state index is -1.29. The molecule has 0 bridgehead atoms. The van der Waals surface area contributed by atoms with E-state index in [0.29, 0.717) is 13.0 Å². The molecule has 0 aromatic heterocycles. The number of benzene rings is 1. The van der Waals surface area contributed by atoms with Gasteiger partial charge in [-0.25, -0.2) is 0 Å². The molecule has 2 N–H and O–H groups in total. The third-order valence-electron chi connectivity index (χ3n) is 2.86. The van der Waals surface area contributed by atoms with Crippen molar-refractivity contribution >= 4 is 11.9 Å². The standard InChI is InChI=1S/C15H22N2O4/c1-17(2)9-10-21-13-6-3-12(4-7-13)5-8-14(18)16-11-15(19)20/h3-4,6-7H,5,8-11H2,1-2H3,(H,16,18)(H,19,20). The second kappa shape index (κ2) is 8.97. The van der Waals surface area contributed by atoms with Gasteiger partial charge in [0.25, 0.3) is 0 Å². The van der Waals surface area contributed by atoms with Crippen molar-refractivity contribution in [3.05, 3.63) is 29.8 Å². The first-order chi connectivity index (χ1) is 9.97. The zero-order valence-corrected chi connectivity index (χ0v) is 12.5. The first kappa shape index (κ1) is 17.0. The van der Waals surface area contributed by atoms with Gasteiger partial charge in [0.05, 0.1) is 26.6 Å². The Labute approximate surface area is 124 Å². The lowest BCUT2D eigenvalue weighted by molar-refractivity contribution is -0.858. The fourth-order valence-electron chi connectivity index (χ4n) is 1.64. The lowest BCUT2D eigenvalue weighted by atomic mass is 10.1. The third-order valence-corrected chi connectivity index (χ3v) is 2.86. The van der Waals surface area contributed by atoms with Crippen molar-refractivity contribution in [1.29, 1.82) is 0 Å². The highest BCUT2D eigenvalue weighted by atomic mass is 16.5. The number of carboxylic acid groups (broad SMARTS) is 1. The minimum absolute atomic E-state index is 0.247. The molecule has 0 fully saturated rings. The van der Waals surface area contributed by atoms with Gasteiger partial charge in [0.1, 0.15) is 18.9 Å². The van der Waals surface area contributed by atoms with Crippen LogP contribution in [-0.4, -0.2) is 45.7 Å². The maximum Gasteiger partial charge on any atom is 0.220 e. The molecular formula is C15H22N2O4. The summed E-state index contributed by atoms with van der Waals surface area (Å²) < 4.78 is 5.59. The Bertz CT molecular complexity index is 457. The highest BCUT2D eigenvalue weighted by molar-refractivity contribution is 5.80. The van der Waals surface area contributed by atoms with Gasteiger partial charge in [-0.3, -0.25) is 4.79 Å². The Morgan fingerprint density at radius 1 is 1.24 bits per heavy atom. The average molecular weight is 294 g/mol. The van der Waals surface area contributed by atoms with Crippen LogP contribution in [0.4, 0.5) is 0 Å². The second-order valence-electron chi connectivity index (χ2n) is 5.10. The van der Waals surface area contributed by atoms with E-state index in [0.717, 1.165) is 17.9 Å². The Morgan fingerprint density at radius 3 is 2.48 bits per heavy atom. The van der Waals surface area contributed by atoms with Crippen LogP contribution in [0, 0.1) is 0 Å². The van der Waals surface area contributed by atoms with Crippen LogP contribution >= 0.6 is 0 Å². The zero-order chi connectivity index (χ0) is 15.7. The van der Waals surface area contributed by atoms with Crippen molar-refractivity contribution in [2.24, 2.45) is 0 Å². The van der Waals surface area contributed by atoms with E-state index in [2.05, 4.69) is 19.4 Å². The minimum Gasteiger partial charge on any atom is -0.548 e. The summed E-state index contributed by atoms with van der Waals surface area (Å²) in [6.45, 7) is 1.15. The molecule has 0 atom stereocenters. The number of hydrogen-bond acceptors (Lipinski definition) is 4. The topological polar surface area (TPSA) is 82.9 Å². The summed E-state index contributed by atoms with van der Waals surface area (Å²) in [6.07, 6.45) is 0.804. The molecule has 0 unspecified atom stereocenters. The van der Waals surface area contributed by atoms with Crippen LogP contribution < -0.4 is 20.1 Å². The highest BCUT2D eigenvalue weighted by Crippen LogP contribution is 2.13. The maximum absolute atomic E-state index is 11.4. The molecule has 0 saturated carbocycles. The molecule has 1 amide bonds. The van der Waals surface area contributed by atoms with Crippen LogP contribution in [0.3, 0.4) is 0 Å². The van der Waals surface area contributed by atoms with E-state index in [4.69, 9.17) is 4.74 Å². The molecule has 1 rings (SSSR count). The number of carbonyl (C=O) groups is 2. The second-order valence-corrected chi connectivity index (χ2v) is 5.10. The molecule has 1 aromatic carbocycles. The molecule has 6 nitrogen and oxygen atoms in total. The van der Waals surface area contributed by atoms with Crippen molar-refractivity contribution in [3.8, 4) is 5.75 Å². The van der Waals surface area contributed by atoms with Crippen LogP contribution in [0.5, 0.6) is 5.75 Å². The summed E-state index contributed by atoms with van der Waals surface area (Å²) >= 11 is 0. The maximum atomic E-state index is 11.4. The van der Waals surface area contributed by atoms with Gasteiger partial charge < -0.3 is 24.9 Å². The Balaban J connectivity index is 2.30. The fraction of sp³-hybridized carbons (Fsp3) is 0.467. The predicted octanol–water partition coefficient (Wildman–Crippen LogP) is -1.99. The number of aryl methyl sites for hydroxylation is 1. The summed E-state index contributed by atoms with van der Waals surface area (Å²) in [4.78, 5) is 22.9. The molecule has 0 aliphatic heterocycles. The fourth-order valence-corrected chi connectivity index (χ4v) is 1.64. The normalized spacial score (nSPS) is 10.4. The van der Waals surface area contributed by atoms with E-state index in [1.807, 2.05) is 24.3 Å². The number of likely N-dealkylation sites (N-methyl/N-ethyl adjacent to an activating group) is 1. The molecule has 0 aliphatic carbocycles. The largest absolute Gasteiger partial charge is 0.548 e. The summed E-state index contributed by atoms with van der Waals surface area (Å²) in [6, 6.07) is 7.56. The van der Waals surface area contributed by atoms with Gasteiger partial charge in [-0.05, 0) is 24.1 Å². The monoisotopic (exact) mass is 294 g/mol. The van der Waals surface area contributed by atoms with Gasteiger partial charge in [-0.2, -0.15) is 0 Å². The number of hydrogen-bond donors (Lipinski definition) is 2. The molecular weight excluding hydrogens is 272 g/mol. The Hall–Kier alpha value is -2.08. The van der Waals surface area contributed by atoms with Crippen molar-refractivity contribution in [2.75, 3.05) is 33.8 Å². The molecule has 0 saturated heterocycles. The van der Waals surface area contributed by atoms with Gasteiger partial charge in [0, 0.05) is 6.42 Å². The first-order valence-corrected chi connectivity index (χ1v) is 6.94. The van der Waals surface area contributed by atoms with E-state index in [1.54, 1.807) is 0 Å². The van der Waals surface area contributed by atoms with Gasteiger partial charge in [-0.1, -0.05) is 12.1 Å². The van der Waals surface area contributed by atoms with Gasteiger partial charge in [0.2, 0.25) is 5.91 Å². The Morgan fingerprint density at radius 2 is 1.90 bits per heavy atom. The van der Waals surface area contributed by atoms with Crippen LogP contribution in [0.2, 0.25) is 0 Å². The molecule has 1 aromatic rings. The number of nitrogens with one attached hydrogen (secondary N) is 2. The number of carbonyl (C=O) groups excluding carboxylic acids is 2. The number of ether oxygens (including phenoxy) is 1. The molecule has 21 heavy (non-hydrogen) atoms. The molecule has 0 radical (unpaired) electrons. The van der Waals surface area contributed by atoms with E-state index in [-0.39, 0.29) is 12.3 Å². The van der Waals surface area contributed by atoms with Crippen molar-refractivity contribution in [3.63, 3.8) is 0 Å². The SMILES string of the molecule is C[NH+](C)CCOc1ccc(CCC(=O)NCC(=O)[O-])cc1. The summed E-state index contributed by atoms with van der Waals surface area (Å²) in [5.41, 5.74) is 1.00. The number of quaternary nitrogens is 1. The summed E-state index contributed by atoms with van der Waals surface area (Å²) in [5.74, 6) is -0.778. The third kappa shape index (κ3) is 7.94. The van der Waals surface area contributed by atoms with Crippen LogP contribution in [-0.2, 0) is 16.0 Å². The average Bonchev–Trinajstić information content (AvgIpc) is 2.44. The van der Waals surface area contributed by atoms with Gasteiger partial charge in [-0.15, -0.1) is 0 Å². The Kier molecular flexibility index (Phi) is 7.25. The van der Waals surface area contributed by atoms with E-state index in [1.165, 1.54) is 4.90 Å². The van der Waals surface area contributed by atoms with Gasteiger partial charge >= 0.3 is 0 Å². The van der Waals surface area contributed by atoms with E-state index >= 15 is 0 Å². The van der Waals surface area contributed by atoms with Crippen LogP contribution in [0.25, 0.3) is 0 Å². The smallest absolute Gasteiger partial charge is 0.220 e. The van der Waals surface area contributed by atoms with Gasteiger partial charge in [0.15, 0.2) is 0 Å². The zero-order valence-electron chi connectivity index (χ0n) is 12.5. The molecule has 0 aliphatic rings. The molecule has 0 spiro atoms. The van der Waals surface area contributed by atoms with Crippen molar-refractivity contribution < 1.29 is 24.3 Å². The van der Waals surface area contributed by atoms with E-state index < -0.39 is 12.5 Å². The van der Waals surface area contributed by atoms with Crippen LogP contribution in [0.15, 0.2) is 24.3 Å². The first-order valence-electron chi connectivity index (χ1n) is 6.94. The number of carboxylic acids is 1. The van der Waals surface area contributed by atoms with Crippen molar-refractivity contribution in [1.82, 2.24) is 5.32 Å².